The monoisotopic (exact) mass is 277 g/mol. The molecule has 1 atom stereocenters. The summed E-state index contributed by atoms with van der Waals surface area (Å²) in [6.07, 6.45) is 7.52. The van der Waals surface area contributed by atoms with Gasteiger partial charge in [-0.3, -0.25) is 0 Å². The Morgan fingerprint density at radius 2 is 2.37 bits per heavy atom. The van der Waals surface area contributed by atoms with Gasteiger partial charge in [-0.15, -0.1) is 0 Å². The SMILES string of the molecule is CC1=CSC2=C/C(=N/OCCN(C)C)N3C=CCC123. The van der Waals surface area contributed by atoms with E-state index in [1.165, 1.54) is 10.5 Å². The van der Waals surface area contributed by atoms with E-state index < -0.39 is 0 Å². The van der Waals surface area contributed by atoms with E-state index in [1.807, 2.05) is 25.9 Å². The normalized spacial score (nSPS) is 29.9. The third kappa shape index (κ3) is 1.92. The van der Waals surface area contributed by atoms with E-state index in [1.54, 1.807) is 0 Å². The molecule has 19 heavy (non-hydrogen) atoms. The lowest BCUT2D eigenvalue weighted by Gasteiger charge is -2.32. The number of likely N-dealkylation sites (N-methyl/N-ethyl adjacent to an activating group) is 1. The molecule has 0 bridgehead atoms. The van der Waals surface area contributed by atoms with Gasteiger partial charge >= 0.3 is 0 Å². The fraction of sp³-hybridized carbons (Fsp3) is 0.500. The Morgan fingerprint density at radius 1 is 1.53 bits per heavy atom. The lowest BCUT2D eigenvalue weighted by molar-refractivity contribution is 0.122. The van der Waals surface area contributed by atoms with Crippen LogP contribution in [0.3, 0.4) is 0 Å². The molecule has 0 aromatic rings. The topological polar surface area (TPSA) is 28.1 Å². The van der Waals surface area contributed by atoms with Crippen LogP contribution in [0.4, 0.5) is 0 Å². The molecule has 3 aliphatic rings. The Morgan fingerprint density at radius 3 is 3.16 bits per heavy atom. The first kappa shape index (κ1) is 12.8. The Kier molecular flexibility index (Phi) is 3.19. The minimum atomic E-state index is 0.0222. The second-order valence-electron chi connectivity index (χ2n) is 5.33. The number of oxime groups is 1. The number of hydrogen-bond acceptors (Lipinski definition) is 4. The van der Waals surface area contributed by atoms with Crippen LogP contribution in [0, 0.1) is 0 Å². The van der Waals surface area contributed by atoms with E-state index >= 15 is 0 Å². The summed E-state index contributed by atoms with van der Waals surface area (Å²) in [5, 5.41) is 6.54. The van der Waals surface area contributed by atoms with Crippen molar-refractivity contribution in [2.45, 2.75) is 18.9 Å². The van der Waals surface area contributed by atoms with Crippen molar-refractivity contribution in [1.29, 1.82) is 0 Å². The smallest absolute Gasteiger partial charge is 0.174 e. The number of rotatable bonds is 4. The molecule has 0 aliphatic carbocycles. The van der Waals surface area contributed by atoms with E-state index in [4.69, 9.17) is 4.84 Å². The van der Waals surface area contributed by atoms with Gasteiger partial charge < -0.3 is 14.6 Å². The minimum Gasteiger partial charge on any atom is -0.393 e. The third-order valence-electron chi connectivity index (χ3n) is 3.80. The van der Waals surface area contributed by atoms with E-state index in [0.717, 1.165) is 18.8 Å². The zero-order chi connectivity index (χ0) is 13.5. The zero-order valence-electron chi connectivity index (χ0n) is 11.6. The van der Waals surface area contributed by atoms with Crippen LogP contribution in [0.15, 0.2) is 39.4 Å². The van der Waals surface area contributed by atoms with Crippen molar-refractivity contribution in [3.8, 4) is 0 Å². The quantitative estimate of drug-likeness (QED) is 0.582. The molecule has 102 valence electrons. The van der Waals surface area contributed by atoms with Crippen molar-refractivity contribution in [1.82, 2.24) is 9.80 Å². The summed E-state index contributed by atoms with van der Waals surface area (Å²) in [6, 6.07) is 0. The molecule has 1 unspecified atom stereocenters. The van der Waals surface area contributed by atoms with E-state index in [9.17, 15) is 0 Å². The standard InChI is InChI=1S/C14H19N3OS/c1-11-10-19-12-9-13(15-18-8-7-16(2)3)17-6-4-5-14(11,12)17/h4,6,9-10H,5,7-8H2,1-3H3/b15-13-. The van der Waals surface area contributed by atoms with Gasteiger partial charge in [-0.1, -0.05) is 23.0 Å². The zero-order valence-corrected chi connectivity index (χ0v) is 12.4. The molecule has 0 fully saturated rings. The number of amidine groups is 1. The molecular formula is C14H19N3OS. The van der Waals surface area contributed by atoms with Crippen molar-refractivity contribution < 1.29 is 4.84 Å². The lowest BCUT2D eigenvalue weighted by Crippen LogP contribution is -2.41. The molecule has 5 heteroatoms. The molecule has 1 spiro atoms. The van der Waals surface area contributed by atoms with Crippen LogP contribution in [-0.2, 0) is 4.84 Å². The van der Waals surface area contributed by atoms with Crippen LogP contribution in [0.2, 0.25) is 0 Å². The summed E-state index contributed by atoms with van der Waals surface area (Å²) in [7, 11) is 4.06. The summed E-state index contributed by atoms with van der Waals surface area (Å²) < 4.78 is 0. The summed E-state index contributed by atoms with van der Waals surface area (Å²) in [5.74, 6) is 0.919. The maximum absolute atomic E-state index is 5.43. The largest absolute Gasteiger partial charge is 0.393 e. The van der Waals surface area contributed by atoms with Crippen molar-refractivity contribution in [2.75, 3.05) is 27.2 Å². The van der Waals surface area contributed by atoms with Gasteiger partial charge in [0.2, 0.25) is 0 Å². The molecule has 0 saturated heterocycles. The molecule has 0 N–H and O–H groups in total. The van der Waals surface area contributed by atoms with Crippen molar-refractivity contribution in [3.63, 3.8) is 0 Å². The first-order chi connectivity index (χ1) is 9.14. The minimum absolute atomic E-state index is 0.0222. The average molecular weight is 277 g/mol. The average Bonchev–Trinajstić information content (AvgIpc) is 2.98. The Labute approximate surface area is 118 Å². The summed E-state index contributed by atoms with van der Waals surface area (Å²) in [6.45, 7) is 3.69. The molecule has 0 aromatic heterocycles. The van der Waals surface area contributed by atoms with Crippen molar-refractivity contribution in [3.05, 3.63) is 34.2 Å². The van der Waals surface area contributed by atoms with Crippen LogP contribution < -0.4 is 0 Å². The predicted octanol–water partition coefficient (Wildman–Crippen LogP) is 2.38. The molecule has 3 heterocycles. The highest BCUT2D eigenvalue weighted by Gasteiger charge is 2.51. The maximum atomic E-state index is 5.43. The van der Waals surface area contributed by atoms with Gasteiger partial charge in [0.25, 0.3) is 0 Å². The fourth-order valence-electron chi connectivity index (χ4n) is 2.68. The van der Waals surface area contributed by atoms with Crippen LogP contribution in [-0.4, -0.2) is 48.4 Å². The molecule has 4 nitrogen and oxygen atoms in total. The van der Waals surface area contributed by atoms with Crippen LogP contribution in [0.5, 0.6) is 0 Å². The molecular weight excluding hydrogens is 258 g/mol. The van der Waals surface area contributed by atoms with Gasteiger partial charge in [0.05, 0.1) is 0 Å². The maximum Gasteiger partial charge on any atom is 0.174 e. The van der Waals surface area contributed by atoms with E-state index in [2.05, 4.69) is 45.6 Å². The highest BCUT2D eigenvalue weighted by molar-refractivity contribution is 8.06. The van der Waals surface area contributed by atoms with Crippen molar-refractivity contribution in [2.24, 2.45) is 5.16 Å². The van der Waals surface area contributed by atoms with Crippen LogP contribution >= 0.6 is 11.8 Å². The highest BCUT2D eigenvalue weighted by Crippen LogP contribution is 2.54. The summed E-state index contributed by atoms with van der Waals surface area (Å²) in [5.41, 5.74) is 1.42. The van der Waals surface area contributed by atoms with Gasteiger partial charge in [0.1, 0.15) is 12.1 Å². The van der Waals surface area contributed by atoms with Crippen molar-refractivity contribution >= 4 is 17.6 Å². The molecule has 0 saturated carbocycles. The number of thioether (sulfide) groups is 1. The highest BCUT2D eigenvalue weighted by atomic mass is 32.2. The second kappa shape index (κ2) is 4.72. The number of hydrogen-bond donors (Lipinski definition) is 0. The number of nitrogens with zero attached hydrogens (tertiary/aromatic N) is 3. The molecule has 0 amide bonds. The predicted molar refractivity (Wildman–Crippen MR) is 79.7 cm³/mol. The third-order valence-corrected chi connectivity index (χ3v) is 4.98. The summed E-state index contributed by atoms with van der Waals surface area (Å²) >= 11 is 1.81. The second-order valence-corrected chi connectivity index (χ2v) is 6.24. The van der Waals surface area contributed by atoms with Gasteiger partial charge in [-0.25, -0.2) is 0 Å². The van der Waals surface area contributed by atoms with Gasteiger partial charge in [-0.2, -0.15) is 0 Å². The Balaban J connectivity index is 1.74. The first-order valence-corrected chi connectivity index (χ1v) is 7.39. The van der Waals surface area contributed by atoms with E-state index in [0.29, 0.717) is 6.61 Å². The van der Waals surface area contributed by atoms with Gasteiger partial charge in [-0.05, 0) is 44.5 Å². The molecule has 3 aliphatic heterocycles. The van der Waals surface area contributed by atoms with Crippen LogP contribution in [0.25, 0.3) is 0 Å². The Bertz CT molecular complexity index is 507. The Hall–Kier alpha value is -1.20. The lowest BCUT2D eigenvalue weighted by atomic mass is 9.90. The fourth-order valence-corrected chi connectivity index (χ4v) is 3.89. The first-order valence-electron chi connectivity index (χ1n) is 6.51. The van der Waals surface area contributed by atoms with Crippen LogP contribution in [0.1, 0.15) is 13.3 Å². The molecule has 0 aromatic carbocycles. The summed E-state index contributed by atoms with van der Waals surface area (Å²) in [4.78, 5) is 11.1. The molecule has 0 radical (unpaired) electrons. The van der Waals surface area contributed by atoms with E-state index in [-0.39, 0.29) is 5.54 Å². The van der Waals surface area contributed by atoms with Gasteiger partial charge in [0.15, 0.2) is 5.84 Å². The van der Waals surface area contributed by atoms with Gasteiger partial charge in [0, 0.05) is 17.6 Å². The molecule has 3 rings (SSSR count).